The van der Waals surface area contributed by atoms with Crippen LogP contribution in [0.4, 0.5) is 0 Å². The van der Waals surface area contributed by atoms with Gasteiger partial charge in [0.05, 0.1) is 4.90 Å². The van der Waals surface area contributed by atoms with Gasteiger partial charge in [0, 0.05) is 18.9 Å². The molecule has 0 N–H and O–H groups in total. The van der Waals surface area contributed by atoms with E-state index in [1.807, 2.05) is 19.9 Å². The molecular formula is C14H22BrNO2S. The SMILES string of the molecule is Cc1ccc(S(=O)(=O)N(C)CCCCCBr)cc1C. The number of hydrogen-bond donors (Lipinski definition) is 0. The van der Waals surface area contributed by atoms with Gasteiger partial charge in [-0.2, -0.15) is 0 Å². The van der Waals surface area contributed by atoms with E-state index >= 15 is 0 Å². The Kier molecular flexibility index (Phi) is 6.50. The molecule has 0 saturated heterocycles. The van der Waals surface area contributed by atoms with Gasteiger partial charge in [0.25, 0.3) is 0 Å². The van der Waals surface area contributed by atoms with Gasteiger partial charge in [-0.3, -0.25) is 0 Å². The Morgan fingerprint density at radius 3 is 2.37 bits per heavy atom. The van der Waals surface area contributed by atoms with Crippen LogP contribution in [0.25, 0.3) is 0 Å². The molecule has 0 saturated carbocycles. The van der Waals surface area contributed by atoms with E-state index in [0.717, 1.165) is 35.7 Å². The Balaban J connectivity index is 2.76. The van der Waals surface area contributed by atoms with Gasteiger partial charge in [-0.05, 0) is 49.9 Å². The summed E-state index contributed by atoms with van der Waals surface area (Å²) in [5, 5.41) is 0.973. The van der Waals surface area contributed by atoms with Crippen molar-refractivity contribution in [2.24, 2.45) is 0 Å². The molecule has 1 aromatic carbocycles. The van der Waals surface area contributed by atoms with Crippen molar-refractivity contribution in [3.8, 4) is 0 Å². The third-order valence-electron chi connectivity index (χ3n) is 3.29. The van der Waals surface area contributed by atoms with Crippen molar-refractivity contribution in [3.05, 3.63) is 29.3 Å². The van der Waals surface area contributed by atoms with E-state index in [0.29, 0.717) is 11.4 Å². The molecule has 5 heteroatoms. The lowest BCUT2D eigenvalue weighted by Gasteiger charge is -2.17. The summed E-state index contributed by atoms with van der Waals surface area (Å²) in [6, 6.07) is 5.30. The molecule has 0 atom stereocenters. The van der Waals surface area contributed by atoms with Crippen molar-refractivity contribution < 1.29 is 8.42 Å². The zero-order chi connectivity index (χ0) is 14.5. The lowest BCUT2D eigenvalue weighted by atomic mass is 10.1. The Bertz CT molecular complexity index is 514. The van der Waals surface area contributed by atoms with E-state index in [2.05, 4.69) is 15.9 Å². The largest absolute Gasteiger partial charge is 0.242 e. The second kappa shape index (κ2) is 7.41. The molecule has 0 heterocycles. The number of benzene rings is 1. The third kappa shape index (κ3) is 4.58. The summed E-state index contributed by atoms with van der Waals surface area (Å²) >= 11 is 3.38. The van der Waals surface area contributed by atoms with Crippen LogP contribution in [-0.2, 0) is 10.0 Å². The summed E-state index contributed by atoms with van der Waals surface area (Å²) in [7, 11) is -1.69. The fourth-order valence-corrected chi connectivity index (χ4v) is 3.47. The maximum atomic E-state index is 12.4. The topological polar surface area (TPSA) is 37.4 Å². The smallest absolute Gasteiger partial charge is 0.207 e. The Morgan fingerprint density at radius 2 is 1.79 bits per heavy atom. The van der Waals surface area contributed by atoms with Gasteiger partial charge < -0.3 is 0 Å². The standard InChI is InChI=1S/C14H22BrNO2S/c1-12-7-8-14(11-13(12)2)19(17,18)16(3)10-6-4-5-9-15/h7-8,11H,4-6,9-10H2,1-3H3. The van der Waals surface area contributed by atoms with Crippen LogP contribution in [0.1, 0.15) is 30.4 Å². The van der Waals surface area contributed by atoms with Crippen molar-refractivity contribution in [1.82, 2.24) is 4.31 Å². The zero-order valence-electron chi connectivity index (χ0n) is 11.8. The summed E-state index contributed by atoms with van der Waals surface area (Å²) in [6.45, 7) is 4.49. The first-order chi connectivity index (χ1) is 8.89. The summed E-state index contributed by atoms with van der Waals surface area (Å²) in [4.78, 5) is 0.388. The van der Waals surface area contributed by atoms with E-state index in [4.69, 9.17) is 0 Å². The van der Waals surface area contributed by atoms with Gasteiger partial charge in [0.1, 0.15) is 0 Å². The van der Waals surface area contributed by atoms with E-state index in [1.54, 1.807) is 19.2 Å². The molecule has 1 rings (SSSR count). The number of unbranched alkanes of at least 4 members (excludes halogenated alkanes) is 2. The first kappa shape index (κ1) is 16.7. The fourth-order valence-electron chi connectivity index (χ4n) is 1.78. The van der Waals surface area contributed by atoms with Crippen molar-refractivity contribution >= 4 is 26.0 Å². The van der Waals surface area contributed by atoms with Crippen molar-refractivity contribution in [1.29, 1.82) is 0 Å². The minimum atomic E-state index is -3.34. The van der Waals surface area contributed by atoms with Crippen LogP contribution >= 0.6 is 15.9 Å². The molecule has 3 nitrogen and oxygen atoms in total. The van der Waals surface area contributed by atoms with Crippen molar-refractivity contribution in [2.45, 2.75) is 38.0 Å². The minimum absolute atomic E-state index is 0.388. The van der Waals surface area contributed by atoms with E-state index < -0.39 is 10.0 Å². The van der Waals surface area contributed by atoms with E-state index in [9.17, 15) is 8.42 Å². The van der Waals surface area contributed by atoms with Gasteiger partial charge in [0.2, 0.25) is 10.0 Å². The Morgan fingerprint density at radius 1 is 1.11 bits per heavy atom. The lowest BCUT2D eigenvalue weighted by molar-refractivity contribution is 0.454. The Hall–Kier alpha value is -0.390. The molecular weight excluding hydrogens is 326 g/mol. The predicted octanol–water partition coefficient (Wildman–Crippen LogP) is 3.49. The molecule has 108 valence electrons. The Labute approximate surface area is 125 Å². The lowest BCUT2D eigenvalue weighted by Crippen LogP contribution is -2.28. The normalized spacial score (nSPS) is 12.1. The maximum absolute atomic E-state index is 12.4. The molecule has 0 aliphatic carbocycles. The summed E-state index contributed by atoms with van der Waals surface area (Å²) in [5.74, 6) is 0. The van der Waals surface area contributed by atoms with Crippen LogP contribution in [0.2, 0.25) is 0 Å². The molecule has 0 radical (unpaired) electrons. The molecule has 0 aliphatic heterocycles. The minimum Gasteiger partial charge on any atom is -0.207 e. The molecule has 0 aliphatic rings. The number of alkyl halides is 1. The van der Waals surface area contributed by atoms with Crippen LogP contribution in [0.5, 0.6) is 0 Å². The number of nitrogens with zero attached hydrogens (tertiary/aromatic N) is 1. The second-order valence-electron chi connectivity index (χ2n) is 4.82. The van der Waals surface area contributed by atoms with Gasteiger partial charge in [-0.15, -0.1) is 0 Å². The monoisotopic (exact) mass is 347 g/mol. The zero-order valence-corrected chi connectivity index (χ0v) is 14.2. The van der Waals surface area contributed by atoms with Crippen molar-refractivity contribution in [2.75, 3.05) is 18.9 Å². The van der Waals surface area contributed by atoms with Crippen LogP contribution in [-0.4, -0.2) is 31.6 Å². The van der Waals surface area contributed by atoms with Crippen LogP contribution in [0.15, 0.2) is 23.1 Å². The van der Waals surface area contributed by atoms with Gasteiger partial charge >= 0.3 is 0 Å². The maximum Gasteiger partial charge on any atom is 0.242 e. The van der Waals surface area contributed by atoms with Crippen LogP contribution in [0.3, 0.4) is 0 Å². The third-order valence-corrected chi connectivity index (χ3v) is 5.71. The molecule has 0 fully saturated rings. The molecule has 0 bridgehead atoms. The fraction of sp³-hybridized carbons (Fsp3) is 0.571. The summed E-state index contributed by atoms with van der Waals surface area (Å²) < 4.78 is 26.2. The summed E-state index contributed by atoms with van der Waals surface area (Å²) in [5.41, 5.74) is 2.12. The highest BCUT2D eigenvalue weighted by molar-refractivity contribution is 9.09. The number of aryl methyl sites for hydroxylation is 2. The average molecular weight is 348 g/mol. The van der Waals surface area contributed by atoms with Crippen LogP contribution in [0, 0.1) is 13.8 Å². The van der Waals surface area contributed by atoms with E-state index in [-0.39, 0.29) is 0 Å². The number of sulfonamides is 1. The molecule has 0 amide bonds. The molecule has 0 spiro atoms. The molecule has 1 aromatic rings. The quantitative estimate of drug-likeness (QED) is 0.559. The van der Waals surface area contributed by atoms with Gasteiger partial charge in [0.15, 0.2) is 0 Å². The first-order valence-corrected chi connectivity index (χ1v) is 9.05. The van der Waals surface area contributed by atoms with Crippen molar-refractivity contribution in [3.63, 3.8) is 0 Å². The second-order valence-corrected chi connectivity index (χ2v) is 7.66. The van der Waals surface area contributed by atoms with E-state index in [1.165, 1.54) is 4.31 Å². The molecule has 0 unspecified atom stereocenters. The average Bonchev–Trinajstić information content (AvgIpc) is 2.37. The highest BCUT2D eigenvalue weighted by atomic mass is 79.9. The predicted molar refractivity (Wildman–Crippen MR) is 83.4 cm³/mol. The molecule has 19 heavy (non-hydrogen) atoms. The van der Waals surface area contributed by atoms with Gasteiger partial charge in [-0.1, -0.05) is 28.4 Å². The van der Waals surface area contributed by atoms with Gasteiger partial charge in [-0.25, -0.2) is 12.7 Å². The highest BCUT2D eigenvalue weighted by Crippen LogP contribution is 2.18. The number of rotatable bonds is 7. The number of hydrogen-bond acceptors (Lipinski definition) is 2. The first-order valence-electron chi connectivity index (χ1n) is 6.49. The highest BCUT2D eigenvalue weighted by Gasteiger charge is 2.20. The van der Waals surface area contributed by atoms with Crippen LogP contribution < -0.4 is 0 Å². The number of halogens is 1. The summed E-state index contributed by atoms with van der Waals surface area (Å²) in [6.07, 6.45) is 3.02. The molecule has 0 aromatic heterocycles.